The van der Waals surface area contributed by atoms with Crippen molar-refractivity contribution in [3.63, 3.8) is 0 Å². The van der Waals surface area contributed by atoms with Gasteiger partial charge in [-0.05, 0) is 34.5 Å². The van der Waals surface area contributed by atoms with Crippen LogP contribution in [-0.4, -0.2) is 30.8 Å². The van der Waals surface area contributed by atoms with Crippen molar-refractivity contribution < 1.29 is 18.3 Å². The second-order valence-electron chi connectivity index (χ2n) is 4.19. The zero-order valence-corrected chi connectivity index (χ0v) is 12.3. The van der Waals surface area contributed by atoms with Crippen LogP contribution >= 0.6 is 11.3 Å². The lowest BCUT2D eigenvalue weighted by Gasteiger charge is -2.17. The van der Waals surface area contributed by atoms with E-state index in [9.17, 15) is 13.2 Å². The van der Waals surface area contributed by atoms with Crippen LogP contribution < -0.4 is 0 Å². The molecule has 0 saturated heterocycles. The first-order valence-electron chi connectivity index (χ1n) is 5.72. The number of thiophene rings is 1. The third kappa shape index (κ3) is 2.90. The maximum atomic E-state index is 12.4. The number of carboxylic acids is 1. The number of nitrogens with zero attached hydrogens (tertiary/aromatic N) is 1. The van der Waals surface area contributed by atoms with Crippen molar-refractivity contribution in [1.82, 2.24) is 4.31 Å². The lowest BCUT2D eigenvalue weighted by Crippen LogP contribution is -2.27. The molecule has 1 aromatic heterocycles. The zero-order valence-electron chi connectivity index (χ0n) is 10.7. The quantitative estimate of drug-likeness (QED) is 0.919. The molecule has 7 heteroatoms. The largest absolute Gasteiger partial charge is 0.478 e. The van der Waals surface area contributed by atoms with E-state index in [1.54, 1.807) is 0 Å². The van der Waals surface area contributed by atoms with Crippen LogP contribution in [0.5, 0.6) is 0 Å². The lowest BCUT2D eigenvalue weighted by atomic mass is 10.2. The smallest absolute Gasteiger partial charge is 0.337 e. The number of carboxylic acid groups (broad SMARTS) is 1. The molecule has 0 aliphatic rings. The molecule has 0 bridgehead atoms. The van der Waals surface area contributed by atoms with Crippen LogP contribution in [0.2, 0.25) is 0 Å². The van der Waals surface area contributed by atoms with E-state index < -0.39 is 16.0 Å². The standard InChI is InChI=1S/C13H13NO4S2/c1-14(8-10-6-7-19-9-10)20(17,18)12-5-3-2-4-11(12)13(15)16/h2-7,9H,8H2,1H3,(H,15,16). The Morgan fingerprint density at radius 2 is 2.00 bits per heavy atom. The van der Waals surface area contributed by atoms with Crippen LogP contribution in [0.1, 0.15) is 15.9 Å². The molecule has 106 valence electrons. The van der Waals surface area contributed by atoms with E-state index in [0.29, 0.717) is 0 Å². The third-order valence-corrected chi connectivity index (χ3v) is 5.38. The molecule has 1 heterocycles. The fraction of sp³-hybridized carbons (Fsp3) is 0.154. The van der Waals surface area contributed by atoms with E-state index in [2.05, 4.69) is 0 Å². The summed E-state index contributed by atoms with van der Waals surface area (Å²) in [5.41, 5.74) is 0.651. The Kier molecular flexibility index (Phi) is 4.22. The number of hydrogen-bond acceptors (Lipinski definition) is 4. The SMILES string of the molecule is CN(Cc1ccsc1)S(=O)(=O)c1ccccc1C(=O)O. The molecule has 20 heavy (non-hydrogen) atoms. The van der Waals surface area contributed by atoms with E-state index in [-0.39, 0.29) is 17.0 Å². The third-order valence-electron chi connectivity index (χ3n) is 2.79. The van der Waals surface area contributed by atoms with Gasteiger partial charge in [0.15, 0.2) is 0 Å². The Balaban J connectivity index is 2.37. The first kappa shape index (κ1) is 14.7. The molecular weight excluding hydrogens is 298 g/mol. The van der Waals surface area contributed by atoms with Crippen LogP contribution in [-0.2, 0) is 16.6 Å². The monoisotopic (exact) mass is 311 g/mol. The van der Waals surface area contributed by atoms with Crippen LogP contribution in [0.3, 0.4) is 0 Å². The molecule has 0 saturated carbocycles. The highest BCUT2D eigenvalue weighted by molar-refractivity contribution is 7.89. The molecule has 1 aromatic carbocycles. The van der Waals surface area contributed by atoms with Gasteiger partial charge in [-0.2, -0.15) is 15.6 Å². The van der Waals surface area contributed by atoms with Gasteiger partial charge in [-0.1, -0.05) is 12.1 Å². The number of rotatable bonds is 5. The average Bonchev–Trinajstić information content (AvgIpc) is 2.91. The first-order valence-corrected chi connectivity index (χ1v) is 8.11. The summed E-state index contributed by atoms with van der Waals surface area (Å²) in [6.45, 7) is 0.208. The van der Waals surface area contributed by atoms with E-state index >= 15 is 0 Å². The Morgan fingerprint density at radius 3 is 2.60 bits per heavy atom. The Morgan fingerprint density at radius 1 is 1.30 bits per heavy atom. The second kappa shape index (κ2) is 5.74. The lowest BCUT2D eigenvalue weighted by molar-refractivity contribution is 0.0692. The molecule has 0 atom stereocenters. The number of hydrogen-bond donors (Lipinski definition) is 1. The van der Waals surface area contributed by atoms with Crippen LogP contribution in [0.15, 0.2) is 46.0 Å². The van der Waals surface area contributed by atoms with E-state index in [1.165, 1.54) is 42.6 Å². The maximum Gasteiger partial charge on any atom is 0.337 e. The number of sulfonamides is 1. The van der Waals surface area contributed by atoms with Crippen molar-refractivity contribution in [3.8, 4) is 0 Å². The molecule has 2 rings (SSSR count). The molecule has 0 unspecified atom stereocenters. The topological polar surface area (TPSA) is 74.7 Å². The maximum absolute atomic E-state index is 12.4. The number of carbonyl (C=O) groups is 1. The van der Waals surface area contributed by atoms with Crippen molar-refractivity contribution in [1.29, 1.82) is 0 Å². The fourth-order valence-corrected chi connectivity index (χ4v) is 3.76. The van der Waals surface area contributed by atoms with Crippen molar-refractivity contribution in [2.24, 2.45) is 0 Å². The summed E-state index contributed by atoms with van der Waals surface area (Å²) in [4.78, 5) is 10.9. The molecule has 0 fully saturated rings. The molecule has 0 aliphatic carbocycles. The van der Waals surface area contributed by atoms with Gasteiger partial charge in [0.05, 0.1) is 10.5 Å². The Bertz CT molecular complexity index is 708. The van der Waals surface area contributed by atoms with Crippen molar-refractivity contribution in [3.05, 3.63) is 52.2 Å². The molecule has 0 amide bonds. The van der Waals surface area contributed by atoms with Crippen molar-refractivity contribution >= 4 is 27.3 Å². The summed E-state index contributed by atoms with van der Waals surface area (Å²) >= 11 is 1.48. The van der Waals surface area contributed by atoms with Gasteiger partial charge in [0.25, 0.3) is 0 Å². The molecule has 0 aliphatic heterocycles. The minimum Gasteiger partial charge on any atom is -0.478 e. The highest BCUT2D eigenvalue weighted by Crippen LogP contribution is 2.21. The van der Waals surface area contributed by atoms with Crippen LogP contribution in [0.25, 0.3) is 0 Å². The number of benzene rings is 1. The summed E-state index contributed by atoms with van der Waals surface area (Å²) < 4.78 is 26.0. The van der Waals surface area contributed by atoms with Gasteiger partial charge in [-0.3, -0.25) is 0 Å². The van der Waals surface area contributed by atoms with Gasteiger partial charge in [0, 0.05) is 13.6 Å². The molecule has 0 spiro atoms. The van der Waals surface area contributed by atoms with Crippen molar-refractivity contribution in [2.45, 2.75) is 11.4 Å². The molecule has 1 N–H and O–H groups in total. The zero-order chi connectivity index (χ0) is 14.8. The van der Waals surface area contributed by atoms with Gasteiger partial charge < -0.3 is 5.11 Å². The van der Waals surface area contributed by atoms with E-state index in [4.69, 9.17) is 5.11 Å². The summed E-state index contributed by atoms with van der Waals surface area (Å²) in [7, 11) is -2.40. The van der Waals surface area contributed by atoms with Gasteiger partial charge in [-0.25, -0.2) is 13.2 Å². The summed E-state index contributed by atoms with van der Waals surface area (Å²) in [5.74, 6) is -1.26. The molecule has 0 radical (unpaired) electrons. The highest BCUT2D eigenvalue weighted by atomic mass is 32.2. The Hall–Kier alpha value is -1.70. The molecule has 5 nitrogen and oxygen atoms in total. The molecular formula is C13H13NO4S2. The molecule has 2 aromatic rings. The second-order valence-corrected chi connectivity index (χ2v) is 6.99. The highest BCUT2D eigenvalue weighted by Gasteiger charge is 2.26. The average molecular weight is 311 g/mol. The fourth-order valence-electron chi connectivity index (χ4n) is 1.76. The van der Waals surface area contributed by atoms with Crippen LogP contribution in [0, 0.1) is 0 Å². The first-order chi connectivity index (χ1) is 9.43. The van der Waals surface area contributed by atoms with Gasteiger partial charge in [0.1, 0.15) is 0 Å². The van der Waals surface area contributed by atoms with E-state index in [1.807, 2.05) is 16.8 Å². The summed E-state index contributed by atoms with van der Waals surface area (Å²) in [6.07, 6.45) is 0. The predicted octanol–water partition coefficient (Wildman–Crippen LogP) is 2.27. The van der Waals surface area contributed by atoms with Crippen molar-refractivity contribution in [2.75, 3.05) is 7.05 Å². The predicted molar refractivity (Wildman–Crippen MR) is 76.4 cm³/mol. The van der Waals surface area contributed by atoms with Gasteiger partial charge >= 0.3 is 5.97 Å². The van der Waals surface area contributed by atoms with Gasteiger partial charge in [-0.15, -0.1) is 0 Å². The van der Waals surface area contributed by atoms with Gasteiger partial charge in [0.2, 0.25) is 10.0 Å². The Labute approximate surface area is 121 Å². The summed E-state index contributed by atoms with van der Waals surface area (Å²) in [5, 5.41) is 12.8. The minimum atomic E-state index is -3.83. The summed E-state index contributed by atoms with van der Waals surface area (Å²) in [6, 6.07) is 7.44. The van der Waals surface area contributed by atoms with Crippen LogP contribution in [0.4, 0.5) is 0 Å². The minimum absolute atomic E-state index is 0.190. The normalized spacial score (nSPS) is 11.7. The number of aromatic carboxylic acids is 1. The van der Waals surface area contributed by atoms with E-state index in [0.717, 1.165) is 9.87 Å².